The molecule has 7 nitrogen and oxygen atoms in total. The van der Waals surface area contributed by atoms with Crippen LogP contribution in [0.15, 0.2) is 36.5 Å². The van der Waals surface area contributed by atoms with Gasteiger partial charge in [0.2, 0.25) is 0 Å². The summed E-state index contributed by atoms with van der Waals surface area (Å²) in [5.74, 6) is -3.09. The van der Waals surface area contributed by atoms with E-state index in [2.05, 4.69) is 10.3 Å². The molecule has 1 atom stereocenters. The summed E-state index contributed by atoms with van der Waals surface area (Å²) < 4.78 is 33.9. The van der Waals surface area contributed by atoms with Crippen LogP contribution in [0.4, 0.5) is 30.8 Å². The molecular weight excluding hydrogens is 370 g/mol. The molecule has 9 heteroatoms. The van der Waals surface area contributed by atoms with Crippen molar-refractivity contribution >= 4 is 29.2 Å². The molecule has 0 spiro atoms. The van der Waals surface area contributed by atoms with Gasteiger partial charge in [0.05, 0.1) is 5.69 Å². The number of nitrogens with one attached hydrogen (secondary N) is 1. The number of carbonyl (C=O) groups excluding carboxylic acids is 2. The van der Waals surface area contributed by atoms with Crippen molar-refractivity contribution < 1.29 is 23.1 Å². The number of pyridine rings is 1. The minimum absolute atomic E-state index is 0.0184. The van der Waals surface area contributed by atoms with Gasteiger partial charge in [0.25, 0.3) is 5.91 Å². The van der Waals surface area contributed by atoms with Gasteiger partial charge in [-0.3, -0.25) is 9.69 Å². The first-order chi connectivity index (χ1) is 13.0. The average molecular weight is 392 g/mol. The van der Waals surface area contributed by atoms with E-state index in [1.165, 1.54) is 25.3 Å². The van der Waals surface area contributed by atoms with Crippen LogP contribution in [0.2, 0.25) is 0 Å². The van der Waals surface area contributed by atoms with Gasteiger partial charge >= 0.3 is 6.09 Å². The summed E-state index contributed by atoms with van der Waals surface area (Å²) in [6.07, 6.45) is -0.901. The van der Waals surface area contributed by atoms with Gasteiger partial charge < -0.3 is 15.8 Å². The fourth-order valence-corrected chi connectivity index (χ4v) is 2.35. The zero-order valence-electron chi connectivity index (χ0n) is 16.0. The molecule has 0 radical (unpaired) electrons. The lowest BCUT2D eigenvalue weighted by molar-refractivity contribution is -0.125. The first-order valence-electron chi connectivity index (χ1n) is 8.48. The van der Waals surface area contributed by atoms with Crippen LogP contribution >= 0.6 is 0 Å². The van der Waals surface area contributed by atoms with Crippen molar-refractivity contribution in [1.29, 1.82) is 0 Å². The fraction of sp³-hybridized carbons (Fsp3) is 0.316. The minimum atomic E-state index is -1.37. The second-order valence-electron chi connectivity index (χ2n) is 7.08. The summed E-state index contributed by atoms with van der Waals surface area (Å²) in [5.41, 5.74) is 4.62. The molecule has 28 heavy (non-hydrogen) atoms. The Balaban J connectivity index is 2.44. The van der Waals surface area contributed by atoms with Crippen LogP contribution in [0.1, 0.15) is 27.7 Å². The number of amides is 2. The summed E-state index contributed by atoms with van der Waals surface area (Å²) in [6.45, 7) is 6.48. The third kappa shape index (κ3) is 4.93. The number of nitrogens with two attached hydrogens (primary N) is 1. The van der Waals surface area contributed by atoms with Gasteiger partial charge in [-0.15, -0.1) is 0 Å². The third-order valence-corrected chi connectivity index (χ3v) is 3.52. The van der Waals surface area contributed by atoms with Gasteiger partial charge in [-0.25, -0.2) is 18.6 Å². The maximum absolute atomic E-state index is 14.4. The molecule has 0 aliphatic carbocycles. The monoisotopic (exact) mass is 392 g/mol. The van der Waals surface area contributed by atoms with Gasteiger partial charge in [0, 0.05) is 11.7 Å². The van der Waals surface area contributed by atoms with Crippen molar-refractivity contribution in [3.05, 3.63) is 48.2 Å². The summed E-state index contributed by atoms with van der Waals surface area (Å²) >= 11 is 0. The molecule has 3 N–H and O–H groups in total. The predicted octanol–water partition coefficient (Wildman–Crippen LogP) is 3.52. The quantitative estimate of drug-likeness (QED) is 0.830. The number of para-hydroxylation sites is 1. The Kier molecular flexibility index (Phi) is 6.17. The van der Waals surface area contributed by atoms with Gasteiger partial charge in [-0.05, 0) is 52.0 Å². The predicted molar refractivity (Wildman–Crippen MR) is 101 cm³/mol. The zero-order valence-corrected chi connectivity index (χ0v) is 16.0. The van der Waals surface area contributed by atoms with Crippen LogP contribution in [-0.4, -0.2) is 28.6 Å². The number of benzene rings is 1. The SMILES string of the molecule is C[C@H](OC(=O)NC(C)(C)C)C(=O)N(c1ncccc1N)c1c(F)cccc1F. The molecule has 2 amide bonds. The van der Waals surface area contributed by atoms with E-state index in [0.717, 1.165) is 18.2 Å². The first kappa shape index (κ1) is 21.1. The largest absolute Gasteiger partial charge is 0.436 e. The number of carbonyl (C=O) groups is 2. The van der Waals surface area contributed by atoms with E-state index in [-0.39, 0.29) is 11.5 Å². The Morgan fingerprint density at radius 3 is 2.32 bits per heavy atom. The topological polar surface area (TPSA) is 97.5 Å². The lowest BCUT2D eigenvalue weighted by atomic mass is 10.1. The van der Waals surface area contributed by atoms with Gasteiger partial charge in [0.15, 0.2) is 11.9 Å². The third-order valence-electron chi connectivity index (χ3n) is 3.52. The Bertz CT molecular complexity index is 863. The number of anilines is 3. The molecule has 0 aliphatic heterocycles. The highest BCUT2D eigenvalue weighted by Crippen LogP contribution is 2.33. The fourth-order valence-electron chi connectivity index (χ4n) is 2.35. The van der Waals surface area contributed by atoms with E-state index >= 15 is 0 Å². The van der Waals surface area contributed by atoms with Gasteiger partial charge in [0.1, 0.15) is 17.3 Å². The summed E-state index contributed by atoms with van der Waals surface area (Å²) in [4.78, 5) is 29.6. The zero-order chi connectivity index (χ0) is 21.1. The maximum Gasteiger partial charge on any atom is 0.408 e. The lowest BCUT2D eigenvalue weighted by Gasteiger charge is -2.27. The van der Waals surface area contributed by atoms with Crippen LogP contribution in [0.5, 0.6) is 0 Å². The molecule has 0 saturated carbocycles. The molecule has 1 heterocycles. The number of nitrogen functional groups attached to an aromatic ring is 1. The second kappa shape index (κ2) is 8.20. The number of halogens is 2. The smallest absolute Gasteiger partial charge is 0.408 e. The summed E-state index contributed by atoms with van der Waals surface area (Å²) in [5, 5.41) is 2.54. The van der Waals surface area contributed by atoms with E-state index in [9.17, 15) is 18.4 Å². The van der Waals surface area contributed by atoms with Crippen LogP contribution in [0.3, 0.4) is 0 Å². The van der Waals surface area contributed by atoms with Crippen molar-refractivity contribution in [1.82, 2.24) is 10.3 Å². The van der Waals surface area contributed by atoms with E-state index in [0.29, 0.717) is 4.90 Å². The average Bonchev–Trinajstić information content (AvgIpc) is 2.57. The van der Waals surface area contributed by atoms with Crippen molar-refractivity contribution in [2.75, 3.05) is 10.6 Å². The van der Waals surface area contributed by atoms with E-state index < -0.39 is 41.0 Å². The molecule has 2 rings (SSSR count). The highest BCUT2D eigenvalue weighted by Gasteiger charge is 2.32. The summed E-state index contributed by atoms with van der Waals surface area (Å²) in [7, 11) is 0. The molecule has 1 aromatic heterocycles. The van der Waals surface area contributed by atoms with Crippen LogP contribution in [0, 0.1) is 11.6 Å². The van der Waals surface area contributed by atoms with Crippen LogP contribution < -0.4 is 16.0 Å². The normalized spacial score (nSPS) is 12.2. The molecule has 0 bridgehead atoms. The number of hydrogen-bond donors (Lipinski definition) is 2. The molecular formula is C19H22F2N4O3. The number of hydrogen-bond acceptors (Lipinski definition) is 5. The maximum atomic E-state index is 14.4. The minimum Gasteiger partial charge on any atom is -0.436 e. The molecule has 150 valence electrons. The van der Waals surface area contributed by atoms with Gasteiger partial charge in [-0.2, -0.15) is 0 Å². The number of rotatable bonds is 4. The lowest BCUT2D eigenvalue weighted by Crippen LogP contribution is -2.45. The van der Waals surface area contributed by atoms with Crippen molar-refractivity contribution in [2.45, 2.75) is 39.3 Å². The van der Waals surface area contributed by atoms with E-state index in [1.807, 2.05) is 0 Å². The molecule has 2 aromatic rings. The van der Waals surface area contributed by atoms with Crippen LogP contribution in [0.25, 0.3) is 0 Å². The van der Waals surface area contributed by atoms with Crippen molar-refractivity contribution in [2.24, 2.45) is 0 Å². The Hall–Kier alpha value is -3.23. The molecule has 0 saturated heterocycles. The molecule has 0 aliphatic rings. The van der Waals surface area contributed by atoms with Crippen molar-refractivity contribution in [3.8, 4) is 0 Å². The Labute approximate surface area is 161 Å². The highest BCUT2D eigenvalue weighted by atomic mass is 19.1. The Morgan fingerprint density at radius 2 is 1.79 bits per heavy atom. The van der Waals surface area contributed by atoms with E-state index in [1.54, 1.807) is 20.8 Å². The summed E-state index contributed by atoms with van der Waals surface area (Å²) in [6, 6.07) is 6.09. The van der Waals surface area contributed by atoms with Gasteiger partial charge in [-0.1, -0.05) is 6.07 Å². The standard InChI is InChI=1S/C19H22F2N4O3/c1-11(28-18(27)24-19(2,3)4)17(26)25(16-14(22)9-6-10-23-16)15-12(20)7-5-8-13(15)21/h5-11H,22H2,1-4H3,(H,24,27)/t11-/m0/s1. The number of alkyl carbamates (subject to hydrolysis) is 1. The Morgan fingerprint density at radius 1 is 1.18 bits per heavy atom. The first-order valence-corrected chi connectivity index (χ1v) is 8.48. The highest BCUT2D eigenvalue weighted by molar-refractivity contribution is 6.04. The second-order valence-corrected chi connectivity index (χ2v) is 7.08. The van der Waals surface area contributed by atoms with Crippen LogP contribution in [-0.2, 0) is 9.53 Å². The molecule has 1 aromatic carbocycles. The van der Waals surface area contributed by atoms with E-state index in [4.69, 9.17) is 10.5 Å². The molecule has 0 fully saturated rings. The van der Waals surface area contributed by atoms with Crippen molar-refractivity contribution in [3.63, 3.8) is 0 Å². The molecule has 0 unspecified atom stereocenters. The number of ether oxygens (including phenoxy) is 1. The number of nitrogens with zero attached hydrogens (tertiary/aromatic N) is 2. The number of aromatic nitrogens is 1.